The van der Waals surface area contributed by atoms with Gasteiger partial charge >= 0.3 is 0 Å². The van der Waals surface area contributed by atoms with E-state index in [1.807, 2.05) is 0 Å². The third-order valence-corrected chi connectivity index (χ3v) is 2.19. The largest absolute Gasteiger partial charge is 0.472 e. The number of aromatic nitrogens is 1. The second-order valence-electron chi connectivity index (χ2n) is 3.23. The maximum Gasteiger partial charge on any atom is 0.219 e. The van der Waals surface area contributed by atoms with Gasteiger partial charge in [0, 0.05) is 18.2 Å². The average Bonchev–Trinajstić information content (AvgIpc) is 2.71. The molecule has 4 heteroatoms. The minimum absolute atomic E-state index is 0.0449. The van der Waals surface area contributed by atoms with Gasteiger partial charge in [-0.15, -0.1) is 0 Å². The lowest BCUT2D eigenvalue weighted by molar-refractivity contribution is 0.135. The van der Waals surface area contributed by atoms with Gasteiger partial charge in [-0.1, -0.05) is 0 Å². The second kappa shape index (κ2) is 4.39. The molecule has 0 amide bonds. The third kappa shape index (κ3) is 2.02. The summed E-state index contributed by atoms with van der Waals surface area (Å²) in [4.78, 5) is 4.08. The molecule has 1 fully saturated rings. The number of rotatable bonds is 3. The highest BCUT2D eigenvalue weighted by Gasteiger charge is 2.18. The normalized spacial score (nSPS) is 21.1. The van der Waals surface area contributed by atoms with E-state index in [0.717, 1.165) is 18.6 Å². The number of nitrogens with zero attached hydrogens (tertiary/aromatic N) is 1. The summed E-state index contributed by atoms with van der Waals surface area (Å²) in [5, 5.41) is 9.04. The van der Waals surface area contributed by atoms with Crippen LogP contribution in [0.25, 0.3) is 0 Å². The minimum atomic E-state index is -0.0449. The van der Waals surface area contributed by atoms with Crippen molar-refractivity contribution in [3.05, 3.63) is 23.9 Å². The van der Waals surface area contributed by atoms with Crippen molar-refractivity contribution in [3.8, 4) is 5.88 Å². The van der Waals surface area contributed by atoms with Gasteiger partial charge in [0.25, 0.3) is 0 Å². The van der Waals surface area contributed by atoms with Crippen LogP contribution < -0.4 is 4.74 Å². The molecule has 76 valence electrons. The van der Waals surface area contributed by atoms with Gasteiger partial charge < -0.3 is 14.6 Å². The van der Waals surface area contributed by atoms with Gasteiger partial charge in [0.1, 0.15) is 6.10 Å². The minimum Gasteiger partial charge on any atom is -0.472 e. The maximum absolute atomic E-state index is 9.04. The van der Waals surface area contributed by atoms with Gasteiger partial charge in [-0.2, -0.15) is 0 Å². The molecule has 14 heavy (non-hydrogen) atoms. The third-order valence-electron chi connectivity index (χ3n) is 2.19. The molecule has 0 saturated carbocycles. The summed E-state index contributed by atoms with van der Waals surface area (Å²) in [6, 6.07) is 3.59. The molecular formula is C10H13NO3. The van der Waals surface area contributed by atoms with Gasteiger partial charge in [0.2, 0.25) is 5.88 Å². The summed E-state index contributed by atoms with van der Waals surface area (Å²) in [7, 11) is 0. The van der Waals surface area contributed by atoms with E-state index in [-0.39, 0.29) is 12.7 Å². The van der Waals surface area contributed by atoms with Gasteiger partial charge in [-0.05, 0) is 12.1 Å². The molecule has 1 atom stereocenters. The first-order chi connectivity index (χ1) is 6.90. The molecule has 0 spiro atoms. The number of pyridine rings is 1. The zero-order valence-corrected chi connectivity index (χ0v) is 7.85. The molecule has 0 aliphatic carbocycles. The molecule has 1 N–H and O–H groups in total. The zero-order valence-electron chi connectivity index (χ0n) is 7.85. The van der Waals surface area contributed by atoms with Crippen LogP contribution in [-0.4, -0.2) is 29.4 Å². The summed E-state index contributed by atoms with van der Waals surface area (Å²) in [6.45, 7) is 1.31. The number of aliphatic hydroxyl groups is 1. The molecule has 1 aliphatic rings. The van der Waals surface area contributed by atoms with Crippen LogP contribution >= 0.6 is 0 Å². The Bertz CT molecular complexity index is 297. The lowest BCUT2D eigenvalue weighted by Gasteiger charge is -2.12. The van der Waals surface area contributed by atoms with E-state index in [1.54, 1.807) is 18.3 Å². The number of hydrogen-bond donors (Lipinski definition) is 1. The van der Waals surface area contributed by atoms with Crippen molar-refractivity contribution in [1.82, 2.24) is 4.98 Å². The van der Waals surface area contributed by atoms with Crippen LogP contribution in [0.1, 0.15) is 12.0 Å². The molecule has 1 unspecified atom stereocenters. The van der Waals surface area contributed by atoms with Crippen LogP contribution in [0.5, 0.6) is 5.88 Å². The van der Waals surface area contributed by atoms with E-state index in [0.29, 0.717) is 12.5 Å². The number of aliphatic hydroxyl groups excluding tert-OH is 1. The molecule has 0 bridgehead atoms. The smallest absolute Gasteiger partial charge is 0.219 e. The topological polar surface area (TPSA) is 51.6 Å². The fourth-order valence-electron chi connectivity index (χ4n) is 1.41. The standard InChI is InChI=1S/C10H13NO3/c12-6-8-2-1-4-11-10(8)14-9-3-5-13-7-9/h1-2,4,9,12H,3,5-7H2. The van der Waals surface area contributed by atoms with E-state index >= 15 is 0 Å². The fourth-order valence-corrected chi connectivity index (χ4v) is 1.41. The number of ether oxygens (including phenoxy) is 2. The molecule has 0 aromatic carbocycles. The summed E-state index contributed by atoms with van der Waals surface area (Å²) >= 11 is 0. The summed E-state index contributed by atoms with van der Waals surface area (Å²) in [6.07, 6.45) is 2.63. The first-order valence-corrected chi connectivity index (χ1v) is 4.69. The molecule has 2 heterocycles. The Morgan fingerprint density at radius 2 is 2.57 bits per heavy atom. The van der Waals surface area contributed by atoms with Crippen LogP contribution in [0, 0.1) is 0 Å². The van der Waals surface area contributed by atoms with Crippen molar-refractivity contribution >= 4 is 0 Å². The monoisotopic (exact) mass is 195 g/mol. The highest BCUT2D eigenvalue weighted by Crippen LogP contribution is 2.18. The molecular weight excluding hydrogens is 182 g/mol. The van der Waals surface area contributed by atoms with Gasteiger partial charge in [-0.25, -0.2) is 4.98 Å². The van der Waals surface area contributed by atoms with E-state index < -0.39 is 0 Å². The quantitative estimate of drug-likeness (QED) is 0.773. The summed E-state index contributed by atoms with van der Waals surface area (Å²) in [5.74, 6) is 0.519. The van der Waals surface area contributed by atoms with Crippen molar-refractivity contribution in [3.63, 3.8) is 0 Å². The zero-order chi connectivity index (χ0) is 9.80. The highest BCUT2D eigenvalue weighted by atomic mass is 16.5. The molecule has 0 radical (unpaired) electrons. The first-order valence-electron chi connectivity index (χ1n) is 4.69. The predicted octanol–water partition coefficient (Wildman–Crippen LogP) is 0.742. The maximum atomic E-state index is 9.04. The van der Waals surface area contributed by atoms with E-state index in [1.165, 1.54) is 0 Å². The fraction of sp³-hybridized carbons (Fsp3) is 0.500. The Morgan fingerprint density at radius 3 is 3.29 bits per heavy atom. The van der Waals surface area contributed by atoms with Crippen molar-refractivity contribution in [2.45, 2.75) is 19.1 Å². The summed E-state index contributed by atoms with van der Waals surface area (Å²) < 4.78 is 10.8. The first kappa shape index (κ1) is 9.43. The second-order valence-corrected chi connectivity index (χ2v) is 3.23. The van der Waals surface area contributed by atoms with Crippen molar-refractivity contribution in [1.29, 1.82) is 0 Å². The van der Waals surface area contributed by atoms with Gasteiger partial charge in [0.15, 0.2) is 0 Å². The average molecular weight is 195 g/mol. The molecule has 1 saturated heterocycles. The van der Waals surface area contributed by atoms with Crippen molar-refractivity contribution in [2.24, 2.45) is 0 Å². The predicted molar refractivity (Wildman–Crippen MR) is 50.0 cm³/mol. The Hall–Kier alpha value is -1.13. The lowest BCUT2D eigenvalue weighted by Crippen LogP contribution is -2.17. The van der Waals surface area contributed by atoms with E-state index in [2.05, 4.69) is 4.98 Å². The molecule has 1 aromatic heterocycles. The SMILES string of the molecule is OCc1cccnc1OC1CCOC1. The molecule has 1 aliphatic heterocycles. The highest BCUT2D eigenvalue weighted by molar-refractivity contribution is 5.24. The van der Waals surface area contributed by atoms with E-state index in [9.17, 15) is 0 Å². The van der Waals surface area contributed by atoms with Crippen LogP contribution in [0.4, 0.5) is 0 Å². The van der Waals surface area contributed by atoms with Crippen molar-refractivity contribution < 1.29 is 14.6 Å². The van der Waals surface area contributed by atoms with Gasteiger partial charge in [0.05, 0.1) is 19.8 Å². The molecule has 1 aromatic rings. The Balaban J connectivity index is 2.07. The van der Waals surface area contributed by atoms with E-state index in [4.69, 9.17) is 14.6 Å². The lowest BCUT2D eigenvalue weighted by atomic mass is 10.3. The number of hydrogen-bond acceptors (Lipinski definition) is 4. The van der Waals surface area contributed by atoms with Crippen LogP contribution in [0.15, 0.2) is 18.3 Å². The Morgan fingerprint density at radius 1 is 1.64 bits per heavy atom. The van der Waals surface area contributed by atoms with Crippen LogP contribution in [0.2, 0.25) is 0 Å². The molecule has 2 rings (SSSR count). The van der Waals surface area contributed by atoms with Crippen molar-refractivity contribution in [2.75, 3.05) is 13.2 Å². The van der Waals surface area contributed by atoms with Gasteiger partial charge in [-0.3, -0.25) is 0 Å². The Kier molecular flexibility index (Phi) is 2.96. The Labute approximate surface area is 82.5 Å². The van der Waals surface area contributed by atoms with Crippen LogP contribution in [-0.2, 0) is 11.3 Å². The summed E-state index contributed by atoms with van der Waals surface area (Å²) in [5.41, 5.74) is 0.722. The van der Waals surface area contributed by atoms with Crippen LogP contribution in [0.3, 0.4) is 0 Å². The molecule has 4 nitrogen and oxygen atoms in total.